The Labute approximate surface area is 213 Å². The summed E-state index contributed by atoms with van der Waals surface area (Å²) in [6.45, 7) is 3.68. The first-order valence-electron chi connectivity index (χ1n) is 13.3. The number of benzene rings is 1. The molecule has 3 nitrogen and oxygen atoms in total. The third-order valence-electron chi connectivity index (χ3n) is 8.40. The van der Waals surface area contributed by atoms with Crippen molar-refractivity contribution in [2.75, 3.05) is 13.2 Å². The lowest BCUT2D eigenvalue weighted by molar-refractivity contribution is -0.432. The van der Waals surface area contributed by atoms with Crippen LogP contribution < -0.4 is 0 Å². The maximum absolute atomic E-state index is 14.4. The minimum atomic E-state index is -5.74. The molecule has 1 aromatic carbocycles. The summed E-state index contributed by atoms with van der Waals surface area (Å²) in [5.41, 5.74) is -1.83. The van der Waals surface area contributed by atoms with Crippen molar-refractivity contribution in [1.29, 1.82) is 0 Å². The molecule has 0 spiro atoms. The number of alkyl halides is 5. The van der Waals surface area contributed by atoms with Crippen LogP contribution in [0.1, 0.15) is 88.2 Å². The fourth-order valence-electron chi connectivity index (χ4n) is 6.52. The van der Waals surface area contributed by atoms with Crippen molar-refractivity contribution in [2.24, 2.45) is 23.7 Å². The smallest absolute Gasteiger partial charge is 0.352 e. The summed E-state index contributed by atoms with van der Waals surface area (Å²) in [4.78, 5) is 0. The summed E-state index contributed by atoms with van der Waals surface area (Å²) in [5, 5.41) is 0. The van der Waals surface area contributed by atoms with Crippen molar-refractivity contribution in [3.8, 4) is 0 Å². The monoisotopic (exact) mass is 540 g/mol. The van der Waals surface area contributed by atoms with Crippen LogP contribution in [0.15, 0.2) is 12.1 Å². The van der Waals surface area contributed by atoms with Crippen molar-refractivity contribution >= 4 is 0 Å². The lowest BCUT2D eigenvalue weighted by atomic mass is 9.68. The molecule has 4 rings (SSSR count). The zero-order valence-corrected chi connectivity index (χ0v) is 21.0. The van der Waals surface area contributed by atoms with Gasteiger partial charge in [-0.15, -0.1) is 13.2 Å². The molecule has 1 aliphatic heterocycles. The second kappa shape index (κ2) is 11.8. The number of hydrogen-bond acceptors (Lipinski definition) is 3. The van der Waals surface area contributed by atoms with E-state index in [9.17, 15) is 30.7 Å². The van der Waals surface area contributed by atoms with Gasteiger partial charge < -0.3 is 9.47 Å². The molecular weight excluding hydrogens is 505 g/mol. The highest BCUT2D eigenvalue weighted by Gasteiger charge is 2.49. The molecule has 0 amide bonds. The zero-order valence-electron chi connectivity index (χ0n) is 21.0. The Morgan fingerprint density at radius 1 is 0.784 bits per heavy atom. The Kier molecular flexibility index (Phi) is 9.11. The van der Waals surface area contributed by atoms with Gasteiger partial charge in [-0.1, -0.05) is 13.3 Å². The molecular formula is C27H35F7O3. The van der Waals surface area contributed by atoms with Gasteiger partial charge in [0.15, 0.2) is 6.29 Å². The third kappa shape index (κ3) is 7.18. The minimum absolute atomic E-state index is 0.119. The number of hydrogen-bond donors (Lipinski definition) is 0. The standard InChI is InChI=1S/C27H35F7O3/c1-2-3-16-14-35-25(36-15-16)20-10-8-18(9-11-20)17-4-6-19(7-5-17)21-12-22(28)24(23(29)13-21)26(30,31)37-27(32,33)34/h12-13,16-20,25H,2-11,14-15H2,1H3. The maximum atomic E-state index is 14.4. The van der Waals surface area contributed by atoms with E-state index in [4.69, 9.17) is 9.47 Å². The average molecular weight is 541 g/mol. The highest BCUT2D eigenvalue weighted by Crippen LogP contribution is 2.46. The largest absolute Gasteiger partial charge is 0.527 e. The maximum Gasteiger partial charge on any atom is 0.527 e. The third-order valence-corrected chi connectivity index (χ3v) is 8.40. The van der Waals surface area contributed by atoms with Crippen LogP contribution in [-0.2, 0) is 20.3 Å². The Balaban J connectivity index is 1.28. The first kappa shape index (κ1) is 28.6. The van der Waals surface area contributed by atoms with E-state index in [0.717, 1.165) is 76.7 Å². The van der Waals surface area contributed by atoms with E-state index in [0.29, 0.717) is 36.5 Å². The summed E-state index contributed by atoms with van der Waals surface area (Å²) in [5.74, 6) is -1.78. The number of halogens is 7. The van der Waals surface area contributed by atoms with Gasteiger partial charge in [-0.05, 0) is 93.2 Å². The molecule has 0 unspecified atom stereocenters. The fraction of sp³-hybridized carbons (Fsp3) is 0.778. The zero-order chi connectivity index (χ0) is 26.8. The number of rotatable bonds is 7. The first-order valence-corrected chi connectivity index (χ1v) is 13.3. The molecule has 1 heterocycles. The van der Waals surface area contributed by atoms with Crippen LogP contribution in [0, 0.1) is 35.3 Å². The van der Waals surface area contributed by atoms with E-state index in [1.54, 1.807) is 0 Å². The van der Waals surface area contributed by atoms with Crippen LogP contribution in [-0.4, -0.2) is 25.9 Å². The van der Waals surface area contributed by atoms with Crippen LogP contribution in [0.3, 0.4) is 0 Å². The molecule has 37 heavy (non-hydrogen) atoms. The second-order valence-corrected chi connectivity index (χ2v) is 10.9. The predicted molar refractivity (Wildman–Crippen MR) is 122 cm³/mol. The molecule has 0 radical (unpaired) electrons. The van der Waals surface area contributed by atoms with Crippen molar-refractivity contribution in [1.82, 2.24) is 0 Å². The number of ether oxygens (including phenoxy) is 3. The minimum Gasteiger partial charge on any atom is -0.352 e. The molecule has 0 atom stereocenters. The van der Waals surface area contributed by atoms with Crippen molar-refractivity contribution < 1.29 is 44.9 Å². The van der Waals surface area contributed by atoms with Gasteiger partial charge in [-0.25, -0.2) is 13.5 Å². The normalized spacial score (nSPS) is 31.9. The topological polar surface area (TPSA) is 27.7 Å². The summed E-state index contributed by atoms with van der Waals surface area (Å²) >= 11 is 0. The molecule has 3 aliphatic rings. The molecule has 3 fully saturated rings. The van der Waals surface area contributed by atoms with E-state index in [-0.39, 0.29) is 17.8 Å². The van der Waals surface area contributed by atoms with Crippen LogP contribution >= 0.6 is 0 Å². The van der Waals surface area contributed by atoms with Gasteiger partial charge in [0.25, 0.3) is 0 Å². The van der Waals surface area contributed by atoms with Gasteiger partial charge in [0.05, 0.1) is 13.2 Å². The molecule has 2 saturated carbocycles. The first-order chi connectivity index (χ1) is 17.5. The van der Waals surface area contributed by atoms with Gasteiger partial charge >= 0.3 is 12.5 Å². The molecule has 1 aromatic rings. The van der Waals surface area contributed by atoms with Gasteiger partial charge in [0.1, 0.15) is 17.2 Å². The van der Waals surface area contributed by atoms with Crippen molar-refractivity contribution in [3.63, 3.8) is 0 Å². The van der Waals surface area contributed by atoms with Gasteiger partial charge in [0, 0.05) is 11.8 Å². The van der Waals surface area contributed by atoms with E-state index < -0.39 is 29.7 Å². The van der Waals surface area contributed by atoms with E-state index in [1.165, 1.54) is 0 Å². The lowest BCUT2D eigenvalue weighted by Crippen LogP contribution is -2.39. The second-order valence-electron chi connectivity index (χ2n) is 10.9. The molecule has 0 N–H and O–H groups in total. The van der Waals surface area contributed by atoms with Crippen LogP contribution in [0.25, 0.3) is 0 Å². The molecule has 0 bridgehead atoms. The Morgan fingerprint density at radius 2 is 1.27 bits per heavy atom. The Hall–Kier alpha value is -1.39. The van der Waals surface area contributed by atoms with Gasteiger partial charge in [-0.2, -0.15) is 8.78 Å². The molecule has 1 saturated heterocycles. The van der Waals surface area contributed by atoms with E-state index >= 15 is 0 Å². The van der Waals surface area contributed by atoms with Gasteiger partial charge in [0.2, 0.25) is 0 Å². The Morgan fingerprint density at radius 3 is 1.76 bits per heavy atom. The van der Waals surface area contributed by atoms with Crippen LogP contribution in [0.4, 0.5) is 30.7 Å². The SMILES string of the molecule is CCCC1COC(C2CCC(C3CCC(c4cc(F)c(C(F)(F)OC(F)(F)F)c(F)c4)CC3)CC2)OC1. The lowest BCUT2D eigenvalue weighted by Gasteiger charge is -2.41. The van der Waals surface area contributed by atoms with E-state index in [1.807, 2.05) is 0 Å². The predicted octanol–water partition coefficient (Wildman–Crippen LogP) is 8.42. The van der Waals surface area contributed by atoms with Crippen molar-refractivity contribution in [2.45, 2.75) is 95.8 Å². The summed E-state index contributed by atoms with van der Waals surface area (Å²) in [6, 6.07) is 1.44. The highest BCUT2D eigenvalue weighted by molar-refractivity contribution is 5.31. The summed E-state index contributed by atoms with van der Waals surface area (Å²) in [7, 11) is 0. The van der Waals surface area contributed by atoms with Crippen LogP contribution in [0.2, 0.25) is 0 Å². The summed E-state index contributed by atoms with van der Waals surface area (Å²) < 4.78 is 108. The molecule has 2 aliphatic carbocycles. The average Bonchev–Trinajstić information content (AvgIpc) is 2.83. The Bertz CT molecular complexity index is 859. The molecule has 210 valence electrons. The fourth-order valence-corrected chi connectivity index (χ4v) is 6.52. The van der Waals surface area contributed by atoms with E-state index in [2.05, 4.69) is 11.7 Å². The van der Waals surface area contributed by atoms with Gasteiger partial charge in [-0.3, -0.25) is 0 Å². The molecule has 0 aromatic heterocycles. The van der Waals surface area contributed by atoms with Crippen molar-refractivity contribution in [3.05, 3.63) is 34.9 Å². The summed E-state index contributed by atoms with van der Waals surface area (Å²) in [6.07, 6.45) is -1.55. The quantitative estimate of drug-likeness (QED) is 0.325. The highest BCUT2D eigenvalue weighted by atomic mass is 19.4. The molecule has 10 heteroatoms. The van der Waals surface area contributed by atoms with Crippen LogP contribution in [0.5, 0.6) is 0 Å².